The first-order chi connectivity index (χ1) is 9.60. The molecule has 0 aliphatic carbocycles. The van der Waals surface area contributed by atoms with Crippen LogP contribution >= 0.6 is 0 Å². The molecule has 0 unspecified atom stereocenters. The fraction of sp³-hybridized carbons (Fsp3) is 0.118. The lowest BCUT2D eigenvalue weighted by Crippen LogP contribution is -1.99. The summed E-state index contributed by atoms with van der Waals surface area (Å²) in [5, 5.41) is 9.37. The molecule has 0 atom stereocenters. The summed E-state index contributed by atoms with van der Waals surface area (Å²) < 4.78 is 5.07. The van der Waals surface area contributed by atoms with Crippen LogP contribution in [0.2, 0.25) is 0 Å². The third kappa shape index (κ3) is 3.26. The first kappa shape index (κ1) is 13.9. The number of benzene rings is 2. The molecule has 0 spiro atoms. The molecule has 0 heterocycles. The number of carboxylic acid groups (broad SMARTS) is 1. The molecular weight excluding hydrogens is 252 g/mol. The number of ether oxygens (including phenoxy) is 1. The molecule has 0 saturated carbocycles. The van der Waals surface area contributed by atoms with Gasteiger partial charge in [-0.3, -0.25) is 0 Å². The van der Waals surface area contributed by atoms with E-state index in [0.29, 0.717) is 11.3 Å². The lowest BCUT2D eigenvalue weighted by Gasteiger charge is -2.05. The average molecular weight is 268 g/mol. The van der Waals surface area contributed by atoms with Gasteiger partial charge in [0.2, 0.25) is 0 Å². The Kier molecular flexibility index (Phi) is 4.20. The largest absolute Gasteiger partial charge is 0.497 e. The van der Waals surface area contributed by atoms with Crippen LogP contribution in [-0.4, -0.2) is 18.2 Å². The summed E-state index contributed by atoms with van der Waals surface area (Å²) >= 11 is 0. The molecule has 0 bridgehead atoms. The van der Waals surface area contributed by atoms with E-state index in [9.17, 15) is 9.90 Å². The topological polar surface area (TPSA) is 46.5 Å². The third-order valence-corrected chi connectivity index (χ3v) is 3.02. The maximum atomic E-state index is 11.4. The van der Waals surface area contributed by atoms with Crippen molar-refractivity contribution in [1.29, 1.82) is 0 Å². The molecule has 2 rings (SSSR count). The van der Waals surface area contributed by atoms with Crippen molar-refractivity contribution < 1.29 is 14.6 Å². The fourth-order valence-corrected chi connectivity index (χ4v) is 1.87. The van der Waals surface area contributed by atoms with Crippen molar-refractivity contribution in [2.24, 2.45) is 0 Å². The highest BCUT2D eigenvalue weighted by Crippen LogP contribution is 2.21. The predicted molar refractivity (Wildman–Crippen MR) is 79.7 cm³/mol. The molecular formula is C17H16O3. The van der Waals surface area contributed by atoms with E-state index in [1.807, 2.05) is 31.2 Å². The van der Waals surface area contributed by atoms with Crippen LogP contribution < -0.4 is 4.74 Å². The average Bonchev–Trinajstić information content (AvgIpc) is 2.46. The molecule has 102 valence electrons. The van der Waals surface area contributed by atoms with E-state index in [4.69, 9.17) is 4.74 Å². The van der Waals surface area contributed by atoms with E-state index in [1.165, 1.54) is 0 Å². The Bertz CT molecular complexity index is 622. The molecule has 0 aliphatic rings. The first-order valence-corrected chi connectivity index (χ1v) is 6.26. The maximum absolute atomic E-state index is 11.4. The van der Waals surface area contributed by atoms with Crippen LogP contribution in [0.1, 0.15) is 16.7 Å². The molecule has 0 fully saturated rings. The minimum atomic E-state index is -0.948. The number of carboxylic acids is 1. The molecule has 1 N–H and O–H groups in total. The van der Waals surface area contributed by atoms with Gasteiger partial charge in [-0.15, -0.1) is 0 Å². The van der Waals surface area contributed by atoms with E-state index in [0.717, 1.165) is 11.1 Å². The van der Waals surface area contributed by atoms with Crippen molar-refractivity contribution >= 4 is 17.6 Å². The number of rotatable bonds is 4. The van der Waals surface area contributed by atoms with Gasteiger partial charge in [0, 0.05) is 0 Å². The lowest BCUT2D eigenvalue weighted by atomic mass is 10.0. The zero-order valence-electron chi connectivity index (χ0n) is 11.5. The maximum Gasteiger partial charge on any atom is 0.336 e. The van der Waals surface area contributed by atoms with Crippen molar-refractivity contribution in [3.8, 4) is 5.75 Å². The molecule has 20 heavy (non-hydrogen) atoms. The quantitative estimate of drug-likeness (QED) is 0.680. The molecule has 0 saturated heterocycles. The molecule has 2 aromatic carbocycles. The van der Waals surface area contributed by atoms with Crippen molar-refractivity contribution in [3.63, 3.8) is 0 Å². The second-order valence-corrected chi connectivity index (χ2v) is 4.50. The van der Waals surface area contributed by atoms with Gasteiger partial charge in [-0.25, -0.2) is 4.79 Å². The van der Waals surface area contributed by atoms with E-state index in [-0.39, 0.29) is 5.57 Å². The summed E-state index contributed by atoms with van der Waals surface area (Å²) in [6.07, 6.45) is 1.67. The van der Waals surface area contributed by atoms with E-state index < -0.39 is 5.97 Å². The molecule has 0 aliphatic heterocycles. The second kappa shape index (κ2) is 6.06. The zero-order valence-corrected chi connectivity index (χ0v) is 11.5. The van der Waals surface area contributed by atoms with Gasteiger partial charge in [0.25, 0.3) is 0 Å². The molecule has 3 nitrogen and oxygen atoms in total. The van der Waals surface area contributed by atoms with Crippen LogP contribution in [0.15, 0.2) is 48.5 Å². The Morgan fingerprint density at radius 3 is 2.15 bits per heavy atom. The van der Waals surface area contributed by atoms with E-state index >= 15 is 0 Å². The number of hydrogen-bond donors (Lipinski definition) is 1. The van der Waals surface area contributed by atoms with E-state index in [1.54, 1.807) is 37.5 Å². The summed E-state index contributed by atoms with van der Waals surface area (Å²) in [6, 6.07) is 14.7. The van der Waals surface area contributed by atoms with Gasteiger partial charge >= 0.3 is 5.97 Å². The van der Waals surface area contributed by atoms with Gasteiger partial charge in [0.15, 0.2) is 0 Å². The van der Waals surface area contributed by atoms with Crippen molar-refractivity contribution in [2.75, 3.05) is 7.11 Å². The number of aliphatic carboxylic acids is 1. The second-order valence-electron chi connectivity index (χ2n) is 4.50. The zero-order chi connectivity index (χ0) is 14.5. The Hall–Kier alpha value is -2.55. The van der Waals surface area contributed by atoms with Crippen LogP contribution in [0.3, 0.4) is 0 Å². The smallest absolute Gasteiger partial charge is 0.336 e. The summed E-state index contributed by atoms with van der Waals surface area (Å²) in [6.45, 7) is 2.00. The highest BCUT2D eigenvalue weighted by molar-refractivity contribution is 6.20. The Morgan fingerprint density at radius 1 is 1.05 bits per heavy atom. The molecule has 2 aromatic rings. The van der Waals surface area contributed by atoms with Crippen LogP contribution in [0, 0.1) is 6.92 Å². The Morgan fingerprint density at radius 2 is 1.65 bits per heavy atom. The normalized spacial score (nSPS) is 11.2. The first-order valence-electron chi connectivity index (χ1n) is 6.26. The van der Waals surface area contributed by atoms with Crippen molar-refractivity contribution in [3.05, 3.63) is 65.2 Å². The Labute approximate surface area is 118 Å². The lowest BCUT2D eigenvalue weighted by molar-refractivity contribution is -0.130. The molecule has 0 radical (unpaired) electrons. The summed E-state index contributed by atoms with van der Waals surface area (Å²) in [5.74, 6) is -0.246. The minimum absolute atomic E-state index is 0.261. The summed E-state index contributed by atoms with van der Waals surface area (Å²) in [4.78, 5) is 11.4. The van der Waals surface area contributed by atoms with Gasteiger partial charge in [-0.1, -0.05) is 42.0 Å². The Balaban J connectivity index is 2.39. The fourth-order valence-electron chi connectivity index (χ4n) is 1.87. The van der Waals surface area contributed by atoms with Gasteiger partial charge in [-0.2, -0.15) is 0 Å². The van der Waals surface area contributed by atoms with Gasteiger partial charge < -0.3 is 9.84 Å². The van der Waals surface area contributed by atoms with Crippen molar-refractivity contribution in [1.82, 2.24) is 0 Å². The van der Waals surface area contributed by atoms with Crippen LogP contribution in [-0.2, 0) is 4.79 Å². The molecule has 0 amide bonds. The van der Waals surface area contributed by atoms with Gasteiger partial charge in [0.1, 0.15) is 5.75 Å². The predicted octanol–water partition coefficient (Wildman–Crippen LogP) is 3.63. The van der Waals surface area contributed by atoms with Crippen molar-refractivity contribution in [2.45, 2.75) is 6.92 Å². The molecule has 0 aromatic heterocycles. The van der Waals surface area contributed by atoms with Gasteiger partial charge in [0.05, 0.1) is 12.7 Å². The minimum Gasteiger partial charge on any atom is -0.497 e. The summed E-state index contributed by atoms with van der Waals surface area (Å²) in [5.41, 5.74) is 2.92. The van der Waals surface area contributed by atoms with Crippen LogP contribution in [0.4, 0.5) is 0 Å². The van der Waals surface area contributed by atoms with E-state index in [2.05, 4.69) is 0 Å². The number of carbonyl (C=O) groups is 1. The highest BCUT2D eigenvalue weighted by atomic mass is 16.5. The standard InChI is InChI=1S/C17H16O3/c1-12-3-5-13(6-4-12)11-16(17(18)19)14-7-9-15(20-2)10-8-14/h3-11H,1-2H3,(H,18,19)/b16-11+. The van der Waals surface area contributed by atoms with Crippen LogP contribution in [0.25, 0.3) is 11.6 Å². The highest BCUT2D eigenvalue weighted by Gasteiger charge is 2.10. The SMILES string of the molecule is COc1ccc(/C(=C\c2ccc(C)cc2)C(=O)O)cc1. The monoisotopic (exact) mass is 268 g/mol. The number of aryl methyl sites for hydroxylation is 1. The third-order valence-electron chi connectivity index (χ3n) is 3.02. The summed E-state index contributed by atoms with van der Waals surface area (Å²) in [7, 11) is 1.58. The van der Waals surface area contributed by atoms with Gasteiger partial charge in [-0.05, 0) is 36.3 Å². The number of hydrogen-bond acceptors (Lipinski definition) is 2. The van der Waals surface area contributed by atoms with Crippen LogP contribution in [0.5, 0.6) is 5.75 Å². The molecule has 3 heteroatoms. The number of methoxy groups -OCH3 is 1.